The zero-order valence-electron chi connectivity index (χ0n) is 41.3. The molecule has 0 aromatic carbocycles. The zero-order valence-corrected chi connectivity index (χ0v) is 41.3. The van der Waals surface area contributed by atoms with Gasteiger partial charge in [-0.2, -0.15) is 0 Å². The van der Waals surface area contributed by atoms with Crippen LogP contribution in [0.15, 0.2) is 0 Å². The minimum Gasteiger partial charge on any atom is -0.394 e. The van der Waals surface area contributed by atoms with Crippen LogP contribution in [0.3, 0.4) is 0 Å². The van der Waals surface area contributed by atoms with Crippen LogP contribution in [0, 0.1) is 0 Å². The molecule has 0 aromatic heterocycles. The van der Waals surface area contributed by atoms with Gasteiger partial charge in [0.15, 0.2) is 44.0 Å². The van der Waals surface area contributed by atoms with E-state index in [1.807, 2.05) is 0 Å². The zero-order chi connectivity index (χ0) is 56.8. The lowest BCUT2D eigenvalue weighted by Crippen LogP contribution is -2.68. The first-order valence-corrected chi connectivity index (χ1v) is 25.2. The van der Waals surface area contributed by atoms with E-state index in [0.29, 0.717) is 0 Å². The van der Waals surface area contributed by atoms with Crippen molar-refractivity contribution in [1.82, 2.24) is 5.32 Å². The Labute approximate surface area is 441 Å². The fourth-order valence-electron chi connectivity index (χ4n) is 10.6. The van der Waals surface area contributed by atoms with Crippen molar-refractivity contribution in [3.63, 3.8) is 0 Å². The molecule has 21 aliphatic heterocycles. The molecule has 21 fully saturated rings. The third-order valence-electron chi connectivity index (χ3n) is 15.0. The molecule has 454 valence electrons. The molecule has 35 heteroatoms. The number of aliphatic hydroxyl groups is 20. The van der Waals surface area contributed by atoms with Crippen LogP contribution in [0.1, 0.15) is 0 Å². The van der Waals surface area contributed by atoms with Crippen molar-refractivity contribution in [2.75, 3.05) is 53.2 Å². The van der Waals surface area contributed by atoms with Crippen LogP contribution in [0.25, 0.3) is 0 Å². The van der Waals surface area contributed by atoms with Crippen molar-refractivity contribution in [1.29, 1.82) is 0 Å². The van der Waals surface area contributed by atoms with Crippen LogP contribution in [-0.4, -0.2) is 370 Å². The Hall–Kier alpha value is -1.40. The van der Waals surface area contributed by atoms with E-state index in [0.717, 1.165) is 0 Å². The molecule has 0 aliphatic carbocycles. The molecule has 0 amide bonds. The Morgan fingerprint density at radius 2 is 0.359 bits per heavy atom. The quantitative estimate of drug-likeness (QED) is 0.107. The summed E-state index contributed by atoms with van der Waals surface area (Å²) < 4.78 is 80.4. The predicted molar refractivity (Wildman–Crippen MR) is 235 cm³/mol. The van der Waals surface area contributed by atoms with Gasteiger partial charge in [0, 0.05) is 6.54 Å². The maximum Gasteiger partial charge on any atom is 0.187 e. The van der Waals surface area contributed by atoms with Gasteiger partial charge in [0.05, 0.1) is 39.6 Å². The third-order valence-corrected chi connectivity index (χ3v) is 15.0. The van der Waals surface area contributed by atoms with Crippen molar-refractivity contribution in [3.8, 4) is 0 Å². The molecule has 21 rings (SSSR count). The number of aliphatic hydroxyl groups excluding tert-OH is 20. The first kappa shape index (κ1) is 62.6. The summed E-state index contributed by atoms with van der Waals surface area (Å²) in [7, 11) is 1.44. The lowest BCUT2D eigenvalue weighted by Gasteiger charge is -2.50. The molecular formula is C43H73NO34. The predicted octanol–water partition coefficient (Wildman–Crippen LogP) is -15.0. The van der Waals surface area contributed by atoms with E-state index in [4.69, 9.17) is 66.3 Å². The van der Waals surface area contributed by atoms with E-state index in [9.17, 15) is 102 Å². The third kappa shape index (κ3) is 12.3. The molecule has 14 bridgehead atoms. The van der Waals surface area contributed by atoms with E-state index in [1.54, 1.807) is 0 Å². The number of hydrogen-bond donors (Lipinski definition) is 21. The summed E-state index contributed by atoms with van der Waals surface area (Å²) in [6, 6.07) is 0. The highest BCUT2D eigenvalue weighted by atomic mass is 16.8. The van der Waals surface area contributed by atoms with Crippen LogP contribution in [0.5, 0.6) is 0 Å². The van der Waals surface area contributed by atoms with Crippen molar-refractivity contribution >= 4 is 0 Å². The number of hydrogen-bond acceptors (Lipinski definition) is 35. The summed E-state index contributed by atoms with van der Waals surface area (Å²) in [6.45, 7) is -6.38. The topological polar surface area (TPSA) is 546 Å². The second kappa shape index (κ2) is 26.7. The number of likely N-dealkylation sites (N-methyl/N-ethyl adjacent to an activating group) is 1. The van der Waals surface area contributed by atoms with Gasteiger partial charge in [0.25, 0.3) is 0 Å². The molecule has 21 heterocycles. The average molecular weight is 1150 g/mol. The van der Waals surface area contributed by atoms with Gasteiger partial charge in [0.2, 0.25) is 0 Å². The normalized spacial score (nSPS) is 54.8. The van der Waals surface area contributed by atoms with Gasteiger partial charge in [-0.15, -0.1) is 0 Å². The first-order chi connectivity index (χ1) is 37.2. The van der Waals surface area contributed by atoms with Crippen LogP contribution < -0.4 is 5.32 Å². The first-order valence-electron chi connectivity index (χ1n) is 25.2. The standard InChI is InChI=1S/C43H73NO34/c1-44-2-9-30-16(51)23(58)37(65-9)73-31-10(3-45)67-39(25(60)18(31)53)75-33-12(5-47)69-41(27(62)20(33)55)77-35-14(7-49)71-43(29(64)22(35)57)78-36-15(8-50)70-42(28(63)21(36)56)76-34-13(6-48)68-40(26(61)19(34)54)74-32-11(4-46)66-38(72-30)24(59)17(32)52/h9-64H,2-8H2,1H3/t9-,10-,11-,12-,13-,14-,15-,16-,17-,18-,19-,20-,21-,22-,23-,24-,25-,26-,27-,28-,29-,30-,31-,32-,33-,34-,35-,36-,37-,38-,39-,40-,41-,42-,43-/m1/s1. The van der Waals surface area contributed by atoms with Gasteiger partial charge in [-0.25, -0.2) is 0 Å². The minimum atomic E-state index is -2.20. The van der Waals surface area contributed by atoms with Gasteiger partial charge in [-0.1, -0.05) is 0 Å². The molecule has 21 N–H and O–H groups in total. The molecule has 21 aliphatic rings. The summed E-state index contributed by atoms with van der Waals surface area (Å²) in [5, 5.41) is 224. The van der Waals surface area contributed by atoms with E-state index in [2.05, 4.69) is 5.32 Å². The maximum atomic E-state index is 11.5. The van der Waals surface area contributed by atoms with Crippen LogP contribution in [0.2, 0.25) is 0 Å². The fraction of sp³-hybridized carbons (Fsp3) is 1.00. The van der Waals surface area contributed by atoms with E-state index in [-0.39, 0.29) is 6.54 Å². The Balaban J connectivity index is 1.08. The highest BCUT2D eigenvalue weighted by Crippen LogP contribution is 2.39. The molecule has 0 spiro atoms. The molecule has 0 unspecified atom stereocenters. The van der Waals surface area contributed by atoms with Crippen molar-refractivity contribution < 1.29 is 168 Å². The van der Waals surface area contributed by atoms with Crippen molar-refractivity contribution in [2.24, 2.45) is 0 Å². The summed E-state index contributed by atoms with van der Waals surface area (Å²) in [5.41, 5.74) is 0. The molecule has 78 heavy (non-hydrogen) atoms. The van der Waals surface area contributed by atoms with Crippen LogP contribution in [-0.2, 0) is 66.3 Å². The SMILES string of the molecule is CNC[C@H]1O[C@@H]2O[C@H]3[C@H](O)[C@@H](O)[C@@H](O[C@H]4[C@H](O)[C@@H](O)[C@@H](O[C@H]5[C@H](O)[C@@H](O)[C@@H](O[C@H]6[C@H](O)[C@@H](O)[C@@H](O[C@H]7[C@H](O)[C@@H](O)[C@@H](O[C@H]8[C@H](O)[C@@H](O)[C@@H](O[C@H]1[C@H](O)[C@H]2O)O[C@@H]8CO)O[C@@H]7CO)O[C@@H]6CO)O[C@@H]5CO)O[C@@H]4CO)O[C@@H]3CO. The van der Waals surface area contributed by atoms with E-state index >= 15 is 0 Å². The minimum absolute atomic E-state index is 0.227. The highest BCUT2D eigenvalue weighted by molar-refractivity contribution is 5.02. The molecule has 0 saturated carbocycles. The Morgan fingerprint density at radius 3 is 0.500 bits per heavy atom. The average Bonchev–Trinajstić information content (AvgIpc) is 3.43. The van der Waals surface area contributed by atoms with Gasteiger partial charge in [-0.3, -0.25) is 0 Å². The van der Waals surface area contributed by atoms with Gasteiger partial charge in [-0.05, 0) is 7.05 Å². The molecule has 0 aromatic rings. The van der Waals surface area contributed by atoms with E-state index in [1.165, 1.54) is 7.05 Å². The highest BCUT2D eigenvalue weighted by Gasteiger charge is 2.59. The summed E-state index contributed by atoms with van der Waals surface area (Å²) in [4.78, 5) is 0. The molecule has 35 atom stereocenters. The Morgan fingerprint density at radius 1 is 0.218 bits per heavy atom. The lowest BCUT2D eigenvalue weighted by atomic mass is 9.95. The van der Waals surface area contributed by atoms with Gasteiger partial charge >= 0.3 is 0 Å². The van der Waals surface area contributed by atoms with Crippen LogP contribution in [0.4, 0.5) is 0 Å². The molecular weight excluding hydrogens is 1070 g/mol. The maximum absolute atomic E-state index is 11.5. The largest absolute Gasteiger partial charge is 0.394 e. The lowest BCUT2D eigenvalue weighted by molar-refractivity contribution is -0.396. The van der Waals surface area contributed by atoms with Crippen LogP contribution >= 0.6 is 0 Å². The van der Waals surface area contributed by atoms with Gasteiger partial charge in [0.1, 0.15) is 171 Å². The van der Waals surface area contributed by atoms with E-state index < -0.39 is 255 Å². The number of rotatable bonds is 8. The molecule has 0 radical (unpaired) electrons. The van der Waals surface area contributed by atoms with Gasteiger partial charge < -0.3 is 174 Å². The number of ether oxygens (including phenoxy) is 14. The fourth-order valence-corrected chi connectivity index (χ4v) is 10.6. The Kier molecular flexibility index (Phi) is 21.4. The van der Waals surface area contributed by atoms with Crippen molar-refractivity contribution in [3.05, 3.63) is 0 Å². The smallest absolute Gasteiger partial charge is 0.187 e. The monoisotopic (exact) mass is 1150 g/mol. The summed E-state index contributed by atoms with van der Waals surface area (Å²) in [5.74, 6) is 0. The Bertz CT molecular complexity index is 1840. The summed E-state index contributed by atoms with van der Waals surface area (Å²) in [6.07, 6.45) is -68.6. The second-order valence-corrected chi connectivity index (χ2v) is 20.0. The molecule has 35 nitrogen and oxygen atoms in total. The summed E-state index contributed by atoms with van der Waals surface area (Å²) >= 11 is 0. The molecule has 21 saturated heterocycles. The van der Waals surface area contributed by atoms with Crippen molar-refractivity contribution in [2.45, 2.75) is 215 Å². The number of nitrogens with one attached hydrogen (secondary N) is 1. The second-order valence-electron chi connectivity index (χ2n) is 20.0.